The van der Waals surface area contributed by atoms with Crippen LogP contribution in [0.1, 0.15) is 21.5 Å². The average molecular weight is 421 g/mol. The Balaban J connectivity index is 1.65. The molecule has 0 bridgehead atoms. The Hall–Kier alpha value is -2.92. The molecule has 5 heteroatoms. The Bertz CT molecular complexity index is 1140. The zero-order chi connectivity index (χ0) is 19.0. The zero-order valence-electron chi connectivity index (χ0n) is 14.9. The largest absolute Gasteiger partial charge is 0.436 e. The van der Waals surface area contributed by atoms with E-state index in [-0.39, 0.29) is 5.91 Å². The van der Waals surface area contributed by atoms with E-state index in [4.69, 9.17) is 4.42 Å². The lowest BCUT2D eigenvalue weighted by molar-refractivity contribution is 0.102. The van der Waals surface area contributed by atoms with Crippen molar-refractivity contribution in [3.05, 3.63) is 81.8 Å². The minimum Gasteiger partial charge on any atom is -0.436 e. The number of amides is 1. The summed E-state index contributed by atoms with van der Waals surface area (Å²) in [6, 6.07) is 19.0. The summed E-state index contributed by atoms with van der Waals surface area (Å²) in [4.78, 5) is 17.1. The second kappa shape index (κ2) is 7.00. The molecule has 134 valence electrons. The molecule has 1 aromatic heterocycles. The number of hydrogen-bond donors (Lipinski definition) is 1. The van der Waals surface area contributed by atoms with Crippen molar-refractivity contribution in [2.45, 2.75) is 13.8 Å². The van der Waals surface area contributed by atoms with E-state index in [0.29, 0.717) is 28.2 Å². The minimum absolute atomic E-state index is 0.181. The van der Waals surface area contributed by atoms with Gasteiger partial charge in [-0.05, 0) is 72.2 Å². The molecule has 4 nitrogen and oxygen atoms in total. The number of halogens is 1. The molecule has 0 aliphatic rings. The predicted octanol–water partition coefficient (Wildman–Crippen LogP) is 6.13. The van der Waals surface area contributed by atoms with Gasteiger partial charge in [0.25, 0.3) is 5.91 Å². The molecule has 0 aliphatic heterocycles. The molecule has 0 unspecified atom stereocenters. The van der Waals surface area contributed by atoms with E-state index in [1.165, 1.54) is 0 Å². The molecule has 1 N–H and O–H groups in total. The van der Waals surface area contributed by atoms with Crippen molar-refractivity contribution < 1.29 is 9.21 Å². The van der Waals surface area contributed by atoms with Gasteiger partial charge in [-0.25, -0.2) is 4.98 Å². The third-order valence-electron chi connectivity index (χ3n) is 4.23. The number of aryl methyl sites for hydroxylation is 2. The number of anilines is 1. The Morgan fingerprint density at radius 3 is 2.48 bits per heavy atom. The highest BCUT2D eigenvalue weighted by atomic mass is 79.9. The van der Waals surface area contributed by atoms with Crippen LogP contribution in [0, 0.1) is 13.8 Å². The fraction of sp³-hybridized carbons (Fsp3) is 0.0909. The Morgan fingerprint density at radius 1 is 1.00 bits per heavy atom. The number of aromatic nitrogens is 1. The van der Waals surface area contributed by atoms with E-state index in [1.54, 1.807) is 6.07 Å². The first-order chi connectivity index (χ1) is 13.0. The number of carbonyl (C=O) groups excluding carboxylic acids is 1. The van der Waals surface area contributed by atoms with Crippen LogP contribution in [0.3, 0.4) is 0 Å². The monoisotopic (exact) mass is 420 g/mol. The lowest BCUT2D eigenvalue weighted by Gasteiger charge is -2.06. The van der Waals surface area contributed by atoms with Crippen molar-refractivity contribution in [2.24, 2.45) is 0 Å². The number of oxazole rings is 1. The SMILES string of the molecule is Cc1cc(C)cc(-c2nc3cc(NC(=O)c4ccccc4Br)ccc3o2)c1. The predicted molar refractivity (Wildman–Crippen MR) is 111 cm³/mol. The summed E-state index contributed by atoms with van der Waals surface area (Å²) in [7, 11) is 0. The Labute approximate surface area is 165 Å². The third kappa shape index (κ3) is 3.64. The number of carbonyl (C=O) groups is 1. The first-order valence-electron chi connectivity index (χ1n) is 8.55. The standard InChI is InChI=1S/C22H17BrN2O2/c1-13-9-14(2)11-15(10-13)22-25-19-12-16(7-8-20(19)27-22)24-21(26)17-5-3-4-6-18(17)23/h3-12H,1-2H3,(H,24,26). The summed E-state index contributed by atoms with van der Waals surface area (Å²) in [5.41, 5.74) is 5.90. The fourth-order valence-corrected chi connectivity index (χ4v) is 3.54. The lowest BCUT2D eigenvalue weighted by atomic mass is 10.1. The topological polar surface area (TPSA) is 55.1 Å². The number of hydrogen-bond acceptors (Lipinski definition) is 3. The van der Waals surface area contributed by atoms with Gasteiger partial charge in [0.1, 0.15) is 5.52 Å². The van der Waals surface area contributed by atoms with E-state index >= 15 is 0 Å². The maximum absolute atomic E-state index is 12.5. The van der Waals surface area contributed by atoms with Gasteiger partial charge in [-0.15, -0.1) is 0 Å². The van der Waals surface area contributed by atoms with Crippen molar-refractivity contribution in [1.82, 2.24) is 4.98 Å². The fourth-order valence-electron chi connectivity index (χ4n) is 3.07. The van der Waals surface area contributed by atoms with Crippen molar-refractivity contribution in [3.63, 3.8) is 0 Å². The van der Waals surface area contributed by atoms with Crippen LogP contribution in [0.15, 0.2) is 69.6 Å². The summed E-state index contributed by atoms with van der Waals surface area (Å²) in [5, 5.41) is 2.91. The molecule has 0 radical (unpaired) electrons. The molecule has 0 saturated heterocycles. The first kappa shape index (κ1) is 17.5. The summed E-state index contributed by atoms with van der Waals surface area (Å²) >= 11 is 3.40. The van der Waals surface area contributed by atoms with Gasteiger partial charge in [-0.2, -0.15) is 0 Å². The van der Waals surface area contributed by atoms with Crippen molar-refractivity contribution >= 4 is 38.6 Å². The van der Waals surface area contributed by atoms with Gasteiger partial charge in [0, 0.05) is 15.7 Å². The molecule has 0 aliphatic carbocycles. The van der Waals surface area contributed by atoms with E-state index in [0.717, 1.165) is 21.2 Å². The Kier molecular flexibility index (Phi) is 4.54. The number of nitrogens with zero attached hydrogens (tertiary/aromatic N) is 1. The molecule has 4 rings (SSSR count). The van der Waals surface area contributed by atoms with Crippen molar-refractivity contribution in [3.8, 4) is 11.5 Å². The van der Waals surface area contributed by atoms with Gasteiger partial charge in [-0.1, -0.05) is 29.3 Å². The first-order valence-corrected chi connectivity index (χ1v) is 9.34. The van der Waals surface area contributed by atoms with E-state index in [2.05, 4.69) is 46.1 Å². The van der Waals surface area contributed by atoms with Crippen molar-refractivity contribution in [1.29, 1.82) is 0 Å². The number of nitrogens with one attached hydrogen (secondary N) is 1. The van der Waals surface area contributed by atoms with Crippen LogP contribution in [0.4, 0.5) is 5.69 Å². The molecule has 4 aromatic rings. The second-order valence-electron chi connectivity index (χ2n) is 6.51. The van der Waals surface area contributed by atoms with Gasteiger partial charge < -0.3 is 9.73 Å². The Morgan fingerprint density at radius 2 is 1.74 bits per heavy atom. The highest BCUT2D eigenvalue weighted by Crippen LogP contribution is 2.28. The molecule has 3 aromatic carbocycles. The second-order valence-corrected chi connectivity index (χ2v) is 7.37. The molecule has 27 heavy (non-hydrogen) atoms. The highest BCUT2D eigenvalue weighted by molar-refractivity contribution is 9.10. The summed E-state index contributed by atoms with van der Waals surface area (Å²) in [6.45, 7) is 4.10. The smallest absolute Gasteiger partial charge is 0.256 e. The summed E-state index contributed by atoms with van der Waals surface area (Å²) in [5.74, 6) is 0.394. The van der Waals surface area contributed by atoms with Crippen LogP contribution in [0.2, 0.25) is 0 Å². The molecule has 0 fully saturated rings. The number of rotatable bonds is 3. The maximum atomic E-state index is 12.5. The minimum atomic E-state index is -0.181. The van der Waals surface area contributed by atoms with E-state index in [1.807, 2.05) is 48.5 Å². The quantitative estimate of drug-likeness (QED) is 0.433. The van der Waals surface area contributed by atoms with Gasteiger partial charge >= 0.3 is 0 Å². The number of fused-ring (bicyclic) bond motifs is 1. The maximum Gasteiger partial charge on any atom is 0.256 e. The molecule has 0 spiro atoms. The van der Waals surface area contributed by atoms with Crippen LogP contribution in [-0.2, 0) is 0 Å². The van der Waals surface area contributed by atoms with Gasteiger partial charge in [-0.3, -0.25) is 4.79 Å². The van der Waals surface area contributed by atoms with Crippen molar-refractivity contribution in [2.75, 3.05) is 5.32 Å². The molecule has 1 heterocycles. The van der Waals surface area contributed by atoms with Gasteiger partial charge in [0.15, 0.2) is 5.58 Å². The normalized spacial score (nSPS) is 10.9. The summed E-state index contributed by atoms with van der Waals surface area (Å²) < 4.78 is 6.65. The molecule has 1 amide bonds. The number of benzene rings is 3. The highest BCUT2D eigenvalue weighted by Gasteiger charge is 2.13. The summed E-state index contributed by atoms with van der Waals surface area (Å²) in [6.07, 6.45) is 0. The average Bonchev–Trinajstić information content (AvgIpc) is 3.04. The molecular formula is C22H17BrN2O2. The molecular weight excluding hydrogens is 404 g/mol. The van der Waals surface area contributed by atoms with Crippen LogP contribution >= 0.6 is 15.9 Å². The zero-order valence-corrected chi connectivity index (χ0v) is 16.5. The van der Waals surface area contributed by atoms with Gasteiger partial charge in [0.2, 0.25) is 5.89 Å². The van der Waals surface area contributed by atoms with E-state index < -0.39 is 0 Å². The third-order valence-corrected chi connectivity index (χ3v) is 4.92. The van der Waals surface area contributed by atoms with Crippen LogP contribution < -0.4 is 5.32 Å². The van der Waals surface area contributed by atoms with E-state index in [9.17, 15) is 4.79 Å². The molecule has 0 saturated carbocycles. The molecule has 0 atom stereocenters. The van der Waals surface area contributed by atoms with Crippen LogP contribution in [0.5, 0.6) is 0 Å². The van der Waals surface area contributed by atoms with Gasteiger partial charge in [0.05, 0.1) is 5.56 Å². The van der Waals surface area contributed by atoms with Crippen LogP contribution in [0.25, 0.3) is 22.6 Å². The van der Waals surface area contributed by atoms with Crippen LogP contribution in [-0.4, -0.2) is 10.9 Å². The lowest BCUT2D eigenvalue weighted by Crippen LogP contribution is -2.12.